The topological polar surface area (TPSA) is 49.4 Å². The Hall–Kier alpha value is -1.06. The molecule has 4 heteroatoms. The fourth-order valence-corrected chi connectivity index (χ4v) is 1.40. The summed E-state index contributed by atoms with van der Waals surface area (Å²) in [6.45, 7) is 6.59. The fraction of sp³-hybridized carbons (Fsp3) is 0.778. The van der Waals surface area contributed by atoms with Crippen LogP contribution in [0.15, 0.2) is 0 Å². The Labute approximate surface area is 78.3 Å². The maximum absolute atomic E-state index is 11.4. The van der Waals surface area contributed by atoms with Gasteiger partial charge in [0.1, 0.15) is 0 Å². The number of nitrogens with zero attached hydrogens (tertiary/aromatic N) is 1. The first-order valence-electron chi connectivity index (χ1n) is 4.56. The van der Waals surface area contributed by atoms with Gasteiger partial charge in [0.25, 0.3) is 0 Å². The van der Waals surface area contributed by atoms with Gasteiger partial charge in [0, 0.05) is 25.9 Å². The molecule has 0 unspecified atom stereocenters. The van der Waals surface area contributed by atoms with Crippen molar-refractivity contribution in [2.75, 3.05) is 13.1 Å². The molecule has 0 aromatic heterocycles. The summed E-state index contributed by atoms with van der Waals surface area (Å²) in [5.41, 5.74) is 0. The Morgan fingerprint density at radius 2 is 1.92 bits per heavy atom. The van der Waals surface area contributed by atoms with E-state index in [1.165, 1.54) is 6.92 Å². The molecule has 0 radical (unpaired) electrons. The lowest BCUT2D eigenvalue weighted by molar-refractivity contribution is -0.140. The normalized spacial score (nSPS) is 17.1. The number of hydrogen-bond donors (Lipinski definition) is 1. The summed E-state index contributed by atoms with van der Waals surface area (Å²) in [5, 5.41) is 2.77. The highest BCUT2D eigenvalue weighted by molar-refractivity contribution is 5.79. The highest BCUT2D eigenvalue weighted by Crippen LogP contribution is 2.11. The molecule has 0 bridgehead atoms. The van der Waals surface area contributed by atoms with Crippen LogP contribution in [0.4, 0.5) is 0 Å². The van der Waals surface area contributed by atoms with Gasteiger partial charge >= 0.3 is 0 Å². The van der Waals surface area contributed by atoms with Crippen LogP contribution in [0.3, 0.4) is 0 Å². The molecule has 1 N–H and O–H groups in total. The predicted molar refractivity (Wildman–Crippen MR) is 49.0 cm³/mol. The molecule has 0 saturated carbocycles. The Kier molecular flexibility index (Phi) is 2.90. The molecule has 0 spiro atoms. The summed E-state index contributed by atoms with van der Waals surface area (Å²) >= 11 is 0. The molecule has 0 aliphatic carbocycles. The number of nitrogens with one attached hydrogen (secondary N) is 1. The second-order valence-electron chi connectivity index (χ2n) is 3.80. The van der Waals surface area contributed by atoms with Gasteiger partial charge < -0.3 is 10.2 Å². The molecule has 13 heavy (non-hydrogen) atoms. The Morgan fingerprint density at radius 3 is 2.31 bits per heavy atom. The van der Waals surface area contributed by atoms with E-state index in [0.29, 0.717) is 13.1 Å². The maximum atomic E-state index is 11.4. The number of carbonyl (C=O) groups is 2. The molecule has 1 saturated heterocycles. The summed E-state index contributed by atoms with van der Waals surface area (Å²) in [5.74, 6) is 0.196. The number of carbonyl (C=O) groups excluding carboxylic acids is 2. The van der Waals surface area contributed by atoms with Gasteiger partial charge in [-0.25, -0.2) is 0 Å². The van der Waals surface area contributed by atoms with Gasteiger partial charge in [-0.2, -0.15) is 0 Å². The SMILES string of the molecule is CC(=O)NC1CN(C(=O)C(C)C)C1. The van der Waals surface area contributed by atoms with Crippen LogP contribution in [0.2, 0.25) is 0 Å². The summed E-state index contributed by atoms with van der Waals surface area (Å²) in [6.07, 6.45) is 0. The van der Waals surface area contributed by atoms with Crippen molar-refractivity contribution in [3.05, 3.63) is 0 Å². The number of rotatable bonds is 2. The van der Waals surface area contributed by atoms with Crippen molar-refractivity contribution < 1.29 is 9.59 Å². The van der Waals surface area contributed by atoms with Crippen molar-refractivity contribution in [2.24, 2.45) is 5.92 Å². The zero-order valence-corrected chi connectivity index (χ0v) is 8.33. The molecule has 2 amide bonds. The van der Waals surface area contributed by atoms with E-state index in [9.17, 15) is 9.59 Å². The van der Waals surface area contributed by atoms with Crippen molar-refractivity contribution in [3.63, 3.8) is 0 Å². The van der Waals surface area contributed by atoms with Crippen molar-refractivity contribution in [1.82, 2.24) is 10.2 Å². The molecule has 1 aliphatic rings. The van der Waals surface area contributed by atoms with E-state index < -0.39 is 0 Å². The lowest BCUT2D eigenvalue weighted by Crippen LogP contribution is -2.61. The van der Waals surface area contributed by atoms with Gasteiger partial charge in [0.2, 0.25) is 11.8 Å². The molecule has 4 nitrogen and oxygen atoms in total. The predicted octanol–water partition coefficient (Wildman–Crippen LogP) is -0.0107. The van der Waals surface area contributed by atoms with Gasteiger partial charge in [-0.3, -0.25) is 9.59 Å². The van der Waals surface area contributed by atoms with Crippen LogP contribution in [0.25, 0.3) is 0 Å². The number of hydrogen-bond acceptors (Lipinski definition) is 2. The lowest BCUT2D eigenvalue weighted by atomic mass is 10.1. The molecule has 0 aromatic carbocycles. The third kappa shape index (κ3) is 2.44. The summed E-state index contributed by atoms with van der Waals surface area (Å²) < 4.78 is 0. The van der Waals surface area contributed by atoms with Crippen LogP contribution < -0.4 is 5.32 Å². The van der Waals surface area contributed by atoms with Crippen molar-refractivity contribution in [1.29, 1.82) is 0 Å². The van der Waals surface area contributed by atoms with E-state index in [-0.39, 0.29) is 23.8 Å². The third-order valence-corrected chi connectivity index (χ3v) is 2.09. The van der Waals surface area contributed by atoms with Crippen LogP contribution >= 0.6 is 0 Å². The van der Waals surface area contributed by atoms with Crippen LogP contribution in [-0.4, -0.2) is 35.8 Å². The first-order valence-corrected chi connectivity index (χ1v) is 4.56. The van der Waals surface area contributed by atoms with Crippen molar-refractivity contribution in [3.8, 4) is 0 Å². The second kappa shape index (κ2) is 3.77. The fourth-order valence-electron chi connectivity index (χ4n) is 1.40. The van der Waals surface area contributed by atoms with Gasteiger partial charge in [-0.05, 0) is 0 Å². The van der Waals surface area contributed by atoms with E-state index in [0.717, 1.165) is 0 Å². The largest absolute Gasteiger partial charge is 0.350 e. The van der Waals surface area contributed by atoms with Gasteiger partial charge in [0.05, 0.1) is 6.04 Å². The molecule has 1 aliphatic heterocycles. The van der Waals surface area contributed by atoms with E-state index in [1.54, 1.807) is 4.90 Å². The molecule has 74 valence electrons. The minimum atomic E-state index is -0.0263. The molecular weight excluding hydrogens is 168 g/mol. The zero-order valence-electron chi connectivity index (χ0n) is 8.33. The first kappa shape index (κ1) is 10.0. The highest BCUT2D eigenvalue weighted by atomic mass is 16.2. The molecule has 0 aromatic rings. The average molecular weight is 184 g/mol. The van der Waals surface area contributed by atoms with Crippen molar-refractivity contribution in [2.45, 2.75) is 26.8 Å². The second-order valence-corrected chi connectivity index (χ2v) is 3.80. The minimum Gasteiger partial charge on any atom is -0.350 e. The van der Waals surface area contributed by atoms with Gasteiger partial charge in [-0.15, -0.1) is 0 Å². The maximum Gasteiger partial charge on any atom is 0.225 e. The number of likely N-dealkylation sites (tertiary alicyclic amines) is 1. The van der Waals surface area contributed by atoms with Crippen molar-refractivity contribution >= 4 is 11.8 Å². The van der Waals surface area contributed by atoms with Crippen LogP contribution in [0.5, 0.6) is 0 Å². The molecular formula is C9H16N2O2. The van der Waals surface area contributed by atoms with E-state index in [2.05, 4.69) is 5.32 Å². The molecule has 0 atom stereocenters. The molecule has 1 rings (SSSR count). The van der Waals surface area contributed by atoms with Gasteiger partial charge in [-0.1, -0.05) is 13.8 Å². The summed E-state index contributed by atoms with van der Waals surface area (Å²) in [4.78, 5) is 23.8. The number of amides is 2. The van der Waals surface area contributed by atoms with Crippen LogP contribution in [-0.2, 0) is 9.59 Å². The minimum absolute atomic E-state index is 0.0263. The third-order valence-electron chi connectivity index (χ3n) is 2.09. The average Bonchev–Trinajstić information content (AvgIpc) is 1.94. The highest BCUT2D eigenvalue weighted by Gasteiger charge is 2.31. The standard InChI is InChI=1S/C9H16N2O2/c1-6(2)9(13)11-4-8(5-11)10-7(3)12/h6,8H,4-5H2,1-3H3,(H,10,12). The van der Waals surface area contributed by atoms with Crippen LogP contribution in [0.1, 0.15) is 20.8 Å². The lowest BCUT2D eigenvalue weighted by Gasteiger charge is -2.40. The van der Waals surface area contributed by atoms with E-state index >= 15 is 0 Å². The van der Waals surface area contributed by atoms with E-state index in [1.807, 2.05) is 13.8 Å². The Bertz CT molecular complexity index is 220. The van der Waals surface area contributed by atoms with Crippen LogP contribution in [0, 0.1) is 5.92 Å². The van der Waals surface area contributed by atoms with E-state index in [4.69, 9.17) is 0 Å². The zero-order chi connectivity index (χ0) is 10.0. The smallest absolute Gasteiger partial charge is 0.225 e. The molecule has 1 fully saturated rings. The monoisotopic (exact) mass is 184 g/mol. The van der Waals surface area contributed by atoms with Gasteiger partial charge in [0.15, 0.2) is 0 Å². The Morgan fingerprint density at radius 1 is 1.38 bits per heavy atom. The summed E-state index contributed by atoms with van der Waals surface area (Å²) in [6, 6.07) is 0.167. The quantitative estimate of drug-likeness (QED) is 0.656. The molecule has 1 heterocycles. The summed E-state index contributed by atoms with van der Waals surface area (Å²) in [7, 11) is 0. The first-order chi connectivity index (χ1) is 6.00. The Balaban J connectivity index is 2.25.